The Labute approximate surface area is 236 Å². The molecule has 2 atom stereocenters. The molecule has 208 valence electrons. The monoisotopic (exact) mass is 569 g/mol. The highest BCUT2D eigenvalue weighted by Gasteiger charge is 2.33. The molecular weight excluding hydrogens is 534 g/mol. The van der Waals surface area contributed by atoms with Crippen LogP contribution in [0.5, 0.6) is 0 Å². The zero-order valence-corrected chi connectivity index (χ0v) is 24.6. The molecule has 0 saturated heterocycles. The summed E-state index contributed by atoms with van der Waals surface area (Å²) >= 11 is 6.27. The smallest absolute Gasteiger partial charge is 0.264 e. The van der Waals surface area contributed by atoms with E-state index in [1.165, 1.54) is 23.1 Å². The van der Waals surface area contributed by atoms with Crippen LogP contribution in [0.25, 0.3) is 0 Å². The van der Waals surface area contributed by atoms with Crippen LogP contribution in [-0.4, -0.2) is 43.8 Å². The maximum atomic E-state index is 14.0. The molecule has 0 heterocycles. The van der Waals surface area contributed by atoms with Crippen molar-refractivity contribution in [3.05, 3.63) is 94.5 Å². The zero-order valence-electron chi connectivity index (χ0n) is 23.0. The number of carbonyl (C=O) groups excluding carboxylic acids is 2. The van der Waals surface area contributed by atoms with Crippen LogP contribution >= 0.6 is 11.6 Å². The van der Waals surface area contributed by atoms with Crippen LogP contribution in [0.2, 0.25) is 5.02 Å². The van der Waals surface area contributed by atoms with E-state index in [2.05, 4.69) is 5.32 Å². The second-order valence-corrected chi connectivity index (χ2v) is 12.1. The molecule has 0 aliphatic rings. The second kappa shape index (κ2) is 13.1. The third kappa shape index (κ3) is 7.61. The number of anilines is 1. The third-order valence-electron chi connectivity index (χ3n) is 6.69. The Balaban J connectivity index is 2.05. The molecule has 7 nitrogen and oxygen atoms in total. The molecule has 2 amide bonds. The SMILES string of the molecule is CC[C@H](C)NC(=O)[C@@H](C)N(Cc1ccccc1)C(=O)CN(c1cc(Cl)ccc1C)S(=O)(=O)c1ccc(C)cc1. The summed E-state index contributed by atoms with van der Waals surface area (Å²) in [6.45, 7) is 8.77. The summed E-state index contributed by atoms with van der Waals surface area (Å²) < 4.78 is 29.0. The van der Waals surface area contributed by atoms with Gasteiger partial charge in [0.05, 0.1) is 10.6 Å². The molecular formula is C30H36ClN3O4S. The molecule has 3 aromatic carbocycles. The highest BCUT2D eigenvalue weighted by atomic mass is 35.5. The van der Waals surface area contributed by atoms with Crippen molar-refractivity contribution in [2.24, 2.45) is 0 Å². The first-order valence-corrected chi connectivity index (χ1v) is 14.7. The number of nitrogens with zero attached hydrogens (tertiary/aromatic N) is 2. The van der Waals surface area contributed by atoms with Crippen molar-refractivity contribution in [2.75, 3.05) is 10.8 Å². The lowest BCUT2D eigenvalue weighted by molar-refractivity contribution is -0.139. The fourth-order valence-corrected chi connectivity index (χ4v) is 5.67. The van der Waals surface area contributed by atoms with Gasteiger partial charge < -0.3 is 10.2 Å². The van der Waals surface area contributed by atoms with E-state index in [-0.39, 0.29) is 23.4 Å². The minimum Gasteiger partial charge on any atom is -0.352 e. The van der Waals surface area contributed by atoms with Gasteiger partial charge in [0, 0.05) is 17.6 Å². The van der Waals surface area contributed by atoms with Gasteiger partial charge >= 0.3 is 0 Å². The summed E-state index contributed by atoms with van der Waals surface area (Å²) in [6.07, 6.45) is 0.738. The van der Waals surface area contributed by atoms with E-state index in [9.17, 15) is 18.0 Å². The maximum Gasteiger partial charge on any atom is 0.264 e. The van der Waals surface area contributed by atoms with Crippen molar-refractivity contribution >= 4 is 39.1 Å². The zero-order chi connectivity index (χ0) is 28.7. The van der Waals surface area contributed by atoms with Crippen LogP contribution in [0.4, 0.5) is 5.69 Å². The Morgan fingerprint density at radius 3 is 2.21 bits per heavy atom. The number of benzene rings is 3. The fraction of sp³-hybridized carbons (Fsp3) is 0.333. The van der Waals surface area contributed by atoms with E-state index in [1.54, 1.807) is 38.1 Å². The Morgan fingerprint density at radius 2 is 1.59 bits per heavy atom. The van der Waals surface area contributed by atoms with Gasteiger partial charge in [-0.2, -0.15) is 0 Å². The number of hydrogen-bond acceptors (Lipinski definition) is 4. The van der Waals surface area contributed by atoms with Gasteiger partial charge in [-0.05, 0) is 69.5 Å². The standard InChI is InChI=1S/C30H36ClN3O4S/c1-6-23(4)32-30(36)24(5)33(19-25-10-8-7-9-11-25)29(35)20-34(28-18-26(31)15-14-22(28)3)39(37,38)27-16-12-21(2)13-17-27/h7-18,23-24H,6,19-20H2,1-5H3,(H,32,36)/t23-,24+/m0/s1. The molecule has 9 heteroatoms. The predicted octanol–water partition coefficient (Wildman–Crippen LogP) is 5.48. The Kier molecular flexibility index (Phi) is 10.2. The van der Waals surface area contributed by atoms with E-state index < -0.39 is 28.5 Å². The van der Waals surface area contributed by atoms with E-state index in [0.29, 0.717) is 16.3 Å². The van der Waals surface area contributed by atoms with Crippen LogP contribution in [0.15, 0.2) is 77.7 Å². The normalized spacial score (nSPS) is 12.9. The van der Waals surface area contributed by atoms with Gasteiger partial charge in [-0.15, -0.1) is 0 Å². The number of hydrogen-bond donors (Lipinski definition) is 1. The molecule has 3 rings (SSSR count). The highest BCUT2D eigenvalue weighted by molar-refractivity contribution is 7.92. The fourth-order valence-electron chi connectivity index (χ4n) is 4.03. The van der Waals surface area contributed by atoms with Gasteiger partial charge in [0.25, 0.3) is 10.0 Å². The van der Waals surface area contributed by atoms with E-state index >= 15 is 0 Å². The van der Waals surface area contributed by atoms with Crippen LogP contribution in [-0.2, 0) is 26.2 Å². The molecule has 39 heavy (non-hydrogen) atoms. The van der Waals surface area contributed by atoms with Crippen molar-refractivity contribution in [1.82, 2.24) is 10.2 Å². The van der Waals surface area contributed by atoms with Gasteiger partial charge in [-0.1, -0.05) is 72.6 Å². The van der Waals surface area contributed by atoms with E-state index in [0.717, 1.165) is 21.9 Å². The number of aryl methyl sites for hydroxylation is 2. The van der Waals surface area contributed by atoms with Crippen molar-refractivity contribution < 1.29 is 18.0 Å². The van der Waals surface area contributed by atoms with Gasteiger partial charge in [-0.3, -0.25) is 13.9 Å². The van der Waals surface area contributed by atoms with Crippen molar-refractivity contribution in [2.45, 2.75) is 64.6 Å². The lowest BCUT2D eigenvalue weighted by Gasteiger charge is -2.33. The minimum atomic E-state index is -4.15. The molecule has 0 saturated carbocycles. The largest absolute Gasteiger partial charge is 0.352 e. The molecule has 0 aliphatic carbocycles. The molecule has 0 aromatic heterocycles. The first-order chi connectivity index (χ1) is 18.4. The summed E-state index contributed by atoms with van der Waals surface area (Å²) in [4.78, 5) is 28.5. The summed E-state index contributed by atoms with van der Waals surface area (Å²) in [5.41, 5.74) is 2.67. The lowest BCUT2D eigenvalue weighted by atomic mass is 10.1. The molecule has 1 N–H and O–H groups in total. The van der Waals surface area contributed by atoms with E-state index in [1.807, 2.05) is 51.1 Å². The summed E-state index contributed by atoms with van der Waals surface area (Å²) in [5, 5.41) is 3.27. The molecule has 0 radical (unpaired) electrons. The molecule has 0 aliphatic heterocycles. The van der Waals surface area contributed by atoms with Gasteiger partial charge in [-0.25, -0.2) is 8.42 Å². The number of carbonyl (C=O) groups is 2. The number of sulfonamides is 1. The number of amides is 2. The summed E-state index contributed by atoms with van der Waals surface area (Å²) in [7, 11) is -4.15. The summed E-state index contributed by atoms with van der Waals surface area (Å²) in [6, 6.07) is 19.8. The maximum absolute atomic E-state index is 14.0. The van der Waals surface area contributed by atoms with Gasteiger partial charge in [0.2, 0.25) is 11.8 Å². The molecule has 0 fully saturated rings. The minimum absolute atomic E-state index is 0.0532. The van der Waals surface area contributed by atoms with Crippen LogP contribution in [0.1, 0.15) is 43.9 Å². The lowest BCUT2D eigenvalue weighted by Crippen LogP contribution is -2.52. The van der Waals surface area contributed by atoms with Crippen molar-refractivity contribution in [3.63, 3.8) is 0 Å². The average Bonchev–Trinajstić information content (AvgIpc) is 2.91. The second-order valence-electron chi connectivity index (χ2n) is 9.76. The first-order valence-electron chi connectivity index (χ1n) is 12.9. The van der Waals surface area contributed by atoms with Crippen molar-refractivity contribution in [1.29, 1.82) is 0 Å². The van der Waals surface area contributed by atoms with Crippen LogP contribution in [0, 0.1) is 13.8 Å². The first kappa shape index (κ1) is 30.2. The Hall–Kier alpha value is -3.36. The molecule has 3 aromatic rings. The van der Waals surface area contributed by atoms with Gasteiger partial charge in [0.15, 0.2) is 0 Å². The molecule has 0 spiro atoms. The molecule has 0 bridgehead atoms. The quantitative estimate of drug-likeness (QED) is 0.331. The van der Waals surface area contributed by atoms with Crippen LogP contribution < -0.4 is 9.62 Å². The van der Waals surface area contributed by atoms with Crippen LogP contribution in [0.3, 0.4) is 0 Å². The van der Waals surface area contributed by atoms with Gasteiger partial charge in [0.1, 0.15) is 12.6 Å². The Bertz CT molecular complexity index is 1400. The third-order valence-corrected chi connectivity index (χ3v) is 8.70. The topological polar surface area (TPSA) is 86.8 Å². The molecule has 0 unspecified atom stereocenters. The predicted molar refractivity (Wildman–Crippen MR) is 156 cm³/mol. The van der Waals surface area contributed by atoms with Crippen molar-refractivity contribution in [3.8, 4) is 0 Å². The summed E-state index contributed by atoms with van der Waals surface area (Å²) in [5.74, 6) is -0.818. The highest BCUT2D eigenvalue weighted by Crippen LogP contribution is 2.30. The Morgan fingerprint density at radius 1 is 0.949 bits per heavy atom. The van der Waals surface area contributed by atoms with E-state index in [4.69, 9.17) is 11.6 Å². The average molecular weight is 570 g/mol. The number of nitrogens with one attached hydrogen (secondary N) is 1. The number of rotatable bonds is 11. The number of halogens is 1.